The van der Waals surface area contributed by atoms with Crippen LogP contribution in [0.2, 0.25) is 0 Å². The summed E-state index contributed by atoms with van der Waals surface area (Å²) >= 11 is 0.881. The van der Waals surface area contributed by atoms with Crippen LogP contribution < -0.4 is 4.90 Å². The zero-order valence-corrected chi connectivity index (χ0v) is 19.4. The Morgan fingerprint density at radius 2 is 1.83 bits per heavy atom. The average Bonchev–Trinajstić information content (AvgIpc) is 3.36. The largest absolute Gasteiger partial charge is 0.507 e. The molecular weight excluding hydrogens is 474 g/mol. The van der Waals surface area contributed by atoms with Gasteiger partial charge in [-0.3, -0.25) is 24.6 Å². The number of aryl methyl sites for hydroxylation is 1. The third-order valence-electron chi connectivity index (χ3n) is 5.36. The molecule has 1 aliphatic rings. The van der Waals surface area contributed by atoms with Gasteiger partial charge in [0, 0.05) is 17.7 Å². The lowest BCUT2D eigenvalue weighted by molar-refractivity contribution is -0.384. The van der Waals surface area contributed by atoms with Crippen molar-refractivity contribution in [2.24, 2.45) is 0 Å². The van der Waals surface area contributed by atoms with Crippen LogP contribution in [0.5, 0.6) is 0 Å². The van der Waals surface area contributed by atoms with E-state index in [4.69, 9.17) is 4.74 Å². The van der Waals surface area contributed by atoms with Crippen LogP contribution in [0.4, 0.5) is 10.8 Å². The zero-order valence-electron chi connectivity index (χ0n) is 18.6. The summed E-state index contributed by atoms with van der Waals surface area (Å²) in [6, 6.07) is 12.4. The standard InChI is InChI=1S/C24H19N3O7S/c1-3-34-23(31)21-13(2)25-24(35-21)26-18(14-9-11-16(12-10-14)27(32)33)17(20(29)22(26)30)19(28)15-7-5-4-6-8-15/h4-12,18,28H,3H2,1-2H3/b19-17+. The number of amides is 1. The van der Waals surface area contributed by atoms with E-state index in [2.05, 4.69) is 4.98 Å². The number of ether oxygens (including phenoxy) is 1. The first kappa shape index (κ1) is 23.8. The van der Waals surface area contributed by atoms with Crippen LogP contribution in [0.15, 0.2) is 60.2 Å². The van der Waals surface area contributed by atoms with E-state index in [1.807, 2.05) is 0 Å². The number of non-ortho nitro benzene ring substituents is 1. The number of ketones is 1. The first-order chi connectivity index (χ1) is 16.7. The molecule has 0 spiro atoms. The van der Waals surface area contributed by atoms with E-state index >= 15 is 0 Å². The van der Waals surface area contributed by atoms with Crippen molar-refractivity contribution in [3.8, 4) is 0 Å². The van der Waals surface area contributed by atoms with E-state index < -0.39 is 34.4 Å². The molecule has 11 heteroatoms. The van der Waals surface area contributed by atoms with Crippen LogP contribution in [0.1, 0.15) is 39.5 Å². The van der Waals surface area contributed by atoms with Gasteiger partial charge in [-0.25, -0.2) is 9.78 Å². The number of carbonyl (C=O) groups is 3. The fourth-order valence-electron chi connectivity index (χ4n) is 3.75. The molecule has 1 unspecified atom stereocenters. The Kier molecular flexibility index (Phi) is 6.43. The molecule has 1 aliphatic heterocycles. The molecule has 178 valence electrons. The maximum atomic E-state index is 13.2. The highest BCUT2D eigenvalue weighted by atomic mass is 32.1. The summed E-state index contributed by atoms with van der Waals surface area (Å²) in [5, 5.41) is 22.2. The Bertz CT molecular complexity index is 1360. The number of esters is 1. The van der Waals surface area contributed by atoms with Gasteiger partial charge in [-0.05, 0) is 31.5 Å². The van der Waals surface area contributed by atoms with Crippen molar-refractivity contribution in [3.63, 3.8) is 0 Å². The van der Waals surface area contributed by atoms with Crippen LogP contribution >= 0.6 is 11.3 Å². The number of aromatic nitrogens is 1. The van der Waals surface area contributed by atoms with E-state index in [-0.39, 0.29) is 27.9 Å². The third-order valence-corrected chi connectivity index (χ3v) is 6.50. The van der Waals surface area contributed by atoms with E-state index in [0.717, 1.165) is 16.2 Å². The number of nitro benzene ring substituents is 1. The monoisotopic (exact) mass is 493 g/mol. The first-order valence-corrected chi connectivity index (χ1v) is 11.3. The first-order valence-electron chi connectivity index (χ1n) is 10.5. The van der Waals surface area contributed by atoms with Crippen molar-refractivity contribution < 1.29 is 29.2 Å². The molecule has 0 saturated carbocycles. The van der Waals surface area contributed by atoms with Crippen molar-refractivity contribution in [1.82, 2.24) is 4.98 Å². The van der Waals surface area contributed by atoms with Crippen LogP contribution in [0.25, 0.3) is 5.76 Å². The fourth-order valence-corrected chi connectivity index (χ4v) is 4.73. The van der Waals surface area contributed by atoms with E-state index in [9.17, 15) is 29.6 Å². The SMILES string of the molecule is CCOC(=O)c1sc(N2C(=O)C(=O)/C(=C(/O)c3ccccc3)C2c2ccc([N+](=O)[O-])cc2)nc1C. The van der Waals surface area contributed by atoms with Gasteiger partial charge in [0.15, 0.2) is 5.13 Å². The lowest BCUT2D eigenvalue weighted by Gasteiger charge is -2.22. The number of thiazole rings is 1. The maximum Gasteiger partial charge on any atom is 0.350 e. The molecule has 1 N–H and O–H groups in total. The number of anilines is 1. The minimum atomic E-state index is -1.13. The highest BCUT2D eigenvalue weighted by Crippen LogP contribution is 2.44. The second kappa shape index (κ2) is 9.47. The maximum absolute atomic E-state index is 13.2. The lowest BCUT2D eigenvalue weighted by atomic mass is 9.95. The van der Waals surface area contributed by atoms with Gasteiger partial charge in [0.1, 0.15) is 10.6 Å². The number of aliphatic hydroxyl groups excluding tert-OH is 1. The van der Waals surface area contributed by atoms with Gasteiger partial charge < -0.3 is 9.84 Å². The molecule has 2 heterocycles. The summed E-state index contributed by atoms with van der Waals surface area (Å²) in [5.74, 6) is -2.90. The number of aliphatic hydroxyl groups is 1. The number of carbonyl (C=O) groups excluding carboxylic acids is 3. The minimum Gasteiger partial charge on any atom is -0.507 e. The Balaban J connectivity index is 1.91. The molecule has 0 bridgehead atoms. The van der Waals surface area contributed by atoms with Crippen LogP contribution in [-0.4, -0.2) is 39.3 Å². The molecule has 1 atom stereocenters. The van der Waals surface area contributed by atoms with Gasteiger partial charge in [-0.2, -0.15) is 0 Å². The molecule has 1 amide bonds. The van der Waals surface area contributed by atoms with Crippen molar-refractivity contribution >= 4 is 45.6 Å². The molecule has 3 aromatic rings. The van der Waals surface area contributed by atoms with Gasteiger partial charge in [-0.15, -0.1) is 0 Å². The summed E-state index contributed by atoms with van der Waals surface area (Å²) in [5.41, 5.74) is 0.609. The predicted molar refractivity (Wildman–Crippen MR) is 127 cm³/mol. The molecular formula is C24H19N3O7S. The van der Waals surface area contributed by atoms with Crippen molar-refractivity contribution in [3.05, 3.63) is 92.0 Å². The topological polar surface area (TPSA) is 140 Å². The number of benzene rings is 2. The van der Waals surface area contributed by atoms with Crippen LogP contribution in [0.3, 0.4) is 0 Å². The van der Waals surface area contributed by atoms with Crippen LogP contribution in [-0.2, 0) is 14.3 Å². The molecule has 0 aliphatic carbocycles. The van der Waals surface area contributed by atoms with Crippen molar-refractivity contribution in [2.75, 3.05) is 11.5 Å². The van der Waals surface area contributed by atoms with Gasteiger partial charge in [0.05, 0.1) is 28.8 Å². The van der Waals surface area contributed by atoms with E-state index in [1.54, 1.807) is 44.2 Å². The fraction of sp³-hybridized carbons (Fsp3) is 0.167. The number of nitro groups is 1. The average molecular weight is 493 g/mol. The highest BCUT2D eigenvalue weighted by Gasteiger charge is 2.48. The Hall–Kier alpha value is -4.38. The molecule has 2 aromatic carbocycles. The second-order valence-electron chi connectivity index (χ2n) is 7.52. The van der Waals surface area contributed by atoms with Gasteiger partial charge in [-0.1, -0.05) is 41.7 Å². The van der Waals surface area contributed by atoms with Crippen LogP contribution in [0, 0.1) is 17.0 Å². The molecule has 35 heavy (non-hydrogen) atoms. The quantitative estimate of drug-likeness (QED) is 0.135. The molecule has 1 saturated heterocycles. The third kappa shape index (κ3) is 4.28. The summed E-state index contributed by atoms with van der Waals surface area (Å²) < 4.78 is 5.04. The number of nitrogens with zero attached hydrogens (tertiary/aromatic N) is 3. The normalized spacial score (nSPS) is 17.0. The summed E-state index contributed by atoms with van der Waals surface area (Å²) in [4.78, 5) is 54.8. The Morgan fingerprint density at radius 1 is 1.17 bits per heavy atom. The summed E-state index contributed by atoms with van der Waals surface area (Å²) in [6.45, 7) is 3.38. The highest BCUT2D eigenvalue weighted by molar-refractivity contribution is 7.17. The van der Waals surface area contributed by atoms with Gasteiger partial charge in [0.25, 0.3) is 11.5 Å². The molecule has 1 aromatic heterocycles. The molecule has 10 nitrogen and oxygen atoms in total. The van der Waals surface area contributed by atoms with E-state index in [1.165, 1.54) is 24.3 Å². The number of Topliss-reactive ketones (excluding diaryl/α,β-unsaturated/α-hetero) is 1. The van der Waals surface area contributed by atoms with E-state index in [0.29, 0.717) is 16.8 Å². The smallest absolute Gasteiger partial charge is 0.350 e. The summed E-state index contributed by atoms with van der Waals surface area (Å²) in [7, 11) is 0. The lowest BCUT2D eigenvalue weighted by Crippen LogP contribution is -2.29. The van der Waals surface area contributed by atoms with Gasteiger partial charge >= 0.3 is 11.9 Å². The second-order valence-corrected chi connectivity index (χ2v) is 8.49. The number of hydrogen-bond acceptors (Lipinski definition) is 9. The van der Waals surface area contributed by atoms with Gasteiger partial charge in [0.2, 0.25) is 0 Å². The summed E-state index contributed by atoms with van der Waals surface area (Å²) in [6.07, 6.45) is 0. The van der Waals surface area contributed by atoms with Crippen molar-refractivity contribution in [1.29, 1.82) is 0 Å². The zero-order chi connectivity index (χ0) is 25.3. The molecule has 4 rings (SSSR count). The minimum absolute atomic E-state index is 0.0584. The predicted octanol–water partition coefficient (Wildman–Crippen LogP) is 4.16. The number of hydrogen-bond donors (Lipinski definition) is 1. The number of rotatable bonds is 6. The molecule has 0 radical (unpaired) electrons. The Morgan fingerprint density at radius 3 is 2.43 bits per heavy atom. The van der Waals surface area contributed by atoms with Crippen molar-refractivity contribution in [2.45, 2.75) is 19.9 Å². The Labute approximate surface area is 203 Å². The molecule has 1 fully saturated rings.